The summed E-state index contributed by atoms with van der Waals surface area (Å²) < 4.78 is 40.0. The van der Waals surface area contributed by atoms with Crippen molar-refractivity contribution in [3.05, 3.63) is 51.8 Å². The molecule has 10 heteroatoms. The summed E-state index contributed by atoms with van der Waals surface area (Å²) in [6.45, 7) is 1.83. The second kappa shape index (κ2) is 7.55. The third-order valence-electron chi connectivity index (χ3n) is 4.68. The van der Waals surface area contributed by atoms with Gasteiger partial charge in [-0.25, -0.2) is 0 Å². The van der Waals surface area contributed by atoms with E-state index in [9.17, 15) is 23.3 Å². The summed E-state index contributed by atoms with van der Waals surface area (Å²) in [5, 5.41) is 14.2. The average Bonchev–Trinajstić information content (AvgIpc) is 2.97. The van der Waals surface area contributed by atoms with E-state index in [2.05, 4.69) is 15.2 Å². The Kier molecular flexibility index (Phi) is 5.36. The van der Waals surface area contributed by atoms with Crippen LogP contribution in [0.25, 0.3) is 0 Å². The molecule has 7 nitrogen and oxygen atoms in total. The van der Waals surface area contributed by atoms with Crippen molar-refractivity contribution in [1.82, 2.24) is 14.5 Å². The van der Waals surface area contributed by atoms with Gasteiger partial charge in [0.05, 0.1) is 5.56 Å². The number of nitrogens with zero attached hydrogens (tertiary/aromatic N) is 4. The van der Waals surface area contributed by atoms with Gasteiger partial charge in [-0.3, -0.25) is 9.47 Å². The molecule has 0 saturated carbocycles. The number of rotatable bonds is 5. The number of hydrogen-bond acceptors (Lipinski definition) is 5. The molecule has 1 aliphatic heterocycles. The first-order valence-electron chi connectivity index (χ1n) is 8.55. The number of aromatic nitrogens is 2. The minimum atomic E-state index is -4.34. The zero-order valence-corrected chi connectivity index (χ0v) is 14.7. The molecule has 0 atom stereocenters. The Morgan fingerprint density at radius 1 is 1.33 bits per heavy atom. The Labute approximate surface area is 154 Å². The normalized spacial score (nSPS) is 16.4. The predicted molar refractivity (Wildman–Crippen MR) is 93.2 cm³/mol. The molecular weight excluding hydrogens is 363 g/mol. The summed E-state index contributed by atoms with van der Waals surface area (Å²) in [4.78, 5) is 16.4. The zero-order valence-electron chi connectivity index (χ0n) is 14.7. The highest BCUT2D eigenvalue weighted by Crippen LogP contribution is 2.30. The first-order chi connectivity index (χ1) is 12.7. The molecule has 1 N–H and O–H groups in total. The molecular formula is C17H20F3N5O2. The number of likely N-dealkylation sites (tertiary alicyclic amines) is 1. The van der Waals surface area contributed by atoms with Gasteiger partial charge in [-0.1, -0.05) is 18.2 Å². The molecule has 0 aliphatic carbocycles. The SMILES string of the molecule is Cn1cnc([N+](=O)[O-])c1NC1CCN(Cc2cccc(C(F)(F)F)c2)CC1. The zero-order chi connectivity index (χ0) is 19.6. The number of anilines is 1. The van der Waals surface area contributed by atoms with Crippen LogP contribution >= 0.6 is 0 Å². The van der Waals surface area contributed by atoms with Crippen molar-refractivity contribution in [2.24, 2.45) is 7.05 Å². The molecule has 0 bridgehead atoms. The van der Waals surface area contributed by atoms with Gasteiger partial charge >= 0.3 is 12.0 Å². The Morgan fingerprint density at radius 3 is 2.67 bits per heavy atom. The van der Waals surface area contributed by atoms with Gasteiger partial charge in [-0.15, -0.1) is 0 Å². The molecule has 1 saturated heterocycles. The van der Waals surface area contributed by atoms with Crippen LogP contribution in [-0.2, 0) is 19.8 Å². The highest BCUT2D eigenvalue weighted by molar-refractivity contribution is 5.52. The maximum absolute atomic E-state index is 12.8. The fraction of sp³-hybridized carbons (Fsp3) is 0.471. The molecule has 27 heavy (non-hydrogen) atoms. The van der Waals surface area contributed by atoms with E-state index in [4.69, 9.17) is 0 Å². The number of aryl methyl sites for hydroxylation is 1. The molecule has 0 unspecified atom stereocenters. The van der Waals surface area contributed by atoms with E-state index in [0.29, 0.717) is 31.0 Å². The first kappa shape index (κ1) is 19.2. The topological polar surface area (TPSA) is 76.2 Å². The Morgan fingerprint density at radius 2 is 2.04 bits per heavy atom. The van der Waals surface area contributed by atoms with Crippen LogP contribution < -0.4 is 5.32 Å². The van der Waals surface area contributed by atoms with Crippen molar-refractivity contribution in [3.8, 4) is 0 Å². The molecule has 3 rings (SSSR count). The lowest BCUT2D eigenvalue weighted by atomic mass is 10.0. The average molecular weight is 383 g/mol. The highest BCUT2D eigenvalue weighted by Gasteiger charge is 2.31. The van der Waals surface area contributed by atoms with Crippen LogP contribution in [0.15, 0.2) is 30.6 Å². The van der Waals surface area contributed by atoms with E-state index in [-0.39, 0.29) is 11.9 Å². The Balaban J connectivity index is 1.57. The molecule has 1 fully saturated rings. The fourth-order valence-electron chi connectivity index (χ4n) is 3.25. The van der Waals surface area contributed by atoms with Gasteiger partial charge in [0.25, 0.3) is 0 Å². The summed E-state index contributed by atoms with van der Waals surface area (Å²) in [7, 11) is 1.69. The van der Waals surface area contributed by atoms with E-state index in [1.54, 1.807) is 17.7 Å². The van der Waals surface area contributed by atoms with Gasteiger partial charge in [0, 0.05) is 32.7 Å². The molecule has 2 heterocycles. The highest BCUT2D eigenvalue weighted by atomic mass is 19.4. The van der Waals surface area contributed by atoms with E-state index in [0.717, 1.165) is 18.9 Å². The minimum Gasteiger partial charge on any atom is -0.361 e. The van der Waals surface area contributed by atoms with Crippen LogP contribution in [0.2, 0.25) is 0 Å². The Bertz CT molecular complexity index is 813. The third-order valence-corrected chi connectivity index (χ3v) is 4.68. The molecule has 1 aromatic heterocycles. The number of piperidine rings is 1. The van der Waals surface area contributed by atoms with Crippen molar-refractivity contribution in [1.29, 1.82) is 0 Å². The number of benzene rings is 1. The van der Waals surface area contributed by atoms with E-state index in [1.165, 1.54) is 18.5 Å². The standard InChI is InChI=1S/C17H20F3N5O2/c1-23-11-21-15(25(26)27)16(23)22-14-5-7-24(8-6-14)10-12-3-2-4-13(9-12)17(18,19)20/h2-4,9,11,14,22H,5-8,10H2,1H3. The molecule has 146 valence electrons. The van der Waals surface area contributed by atoms with E-state index in [1.807, 2.05) is 0 Å². The second-order valence-corrected chi connectivity index (χ2v) is 6.68. The molecule has 2 aromatic rings. The summed E-state index contributed by atoms with van der Waals surface area (Å²) in [6.07, 6.45) is -1.48. The summed E-state index contributed by atoms with van der Waals surface area (Å²) in [5.74, 6) is 0.167. The Hall–Kier alpha value is -2.62. The maximum Gasteiger partial charge on any atom is 0.416 e. The van der Waals surface area contributed by atoms with Gasteiger partial charge in [-0.2, -0.15) is 13.2 Å². The summed E-state index contributed by atoms with van der Waals surface area (Å²) in [6, 6.07) is 5.42. The number of imidazole rings is 1. The molecule has 0 radical (unpaired) electrons. The largest absolute Gasteiger partial charge is 0.416 e. The van der Waals surface area contributed by atoms with E-state index >= 15 is 0 Å². The second-order valence-electron chi connectivity index (χ2n) is 6.68. The van der Waals surface area contributed by atoms with Gasteiger partial charge in [0.2, 0.25) is 12.1 Å². The number of halogens is 3. The first-order valence-corrected chi connectivity index (χ1v) is 8.55. The number of nitro groups is 1. The lowest BCUT2D eigenvalue weighted by molar-refractivity contribution is -0.388. The monoisotopic (exact) mass is 383 g/mol. The van der Waals surface area contributed by atoms with Gasteiger partial charge < -0.3 is 15.4 Å². The summed E-state index contributed by atoms with van der Waals surface area (Å²) in [5.41, 5.74) is -0.0152. The quantitative estimate of drug-likeness (QED) is 0.632. The molecule has 1 aliphatic rings. The molecule has 0 spiro atoms. The van der Waals surface area contributed by atoms with Crippen LogP contribution in [0.1, 0.15) is 24.0 Å². The van der Waals surface area contributed by atoms with Crippen LogP contribution in [0.4, 0.5) is 24.8 Å². The van der Waals surface area contributed by atoms with Crippen LogP contribution in [0, 0.1) is 10.1 Å². The minimum absolute atomic E-state index is 0.0526. The van der Waals surface area contributed by atoms with Crippen molar-refractivity contribution >= 4 is 11.6 Å². The van der Waals surface area contributed by atoms with Crippen molar-refractivity contribution in [2.75, 3.05) is 18.4 Å². The molecule has 0 amide bonds. The van der Waals surface area contributed by atoms with Crippen molar-refractivity contribution < 1.29 is 18.1 Å². The van der Waals surface area contributed by atoms with Crippen LogP contribution in [0.3, 0.4) is 0 Å². The van der Waals surface area contributed by atoms with Gasteiger partial charge in [0.15, 0.2) is 0 Å². The van der Waals surface area contributed by atoms with Crippen LogP contribution in [0.5, 0.6) is 0 Å². The van der Waals surface area contributed by atoms with Gasteiger partial charge in [0.1, 0.15) is 0 Å². The third kappa shape index (κ3) is 4.57. The van der Waals surface area contributed by atoms with E-state index < -0.39 is 16.7 Å². The lowest BCUT2D eigenvalue weighted by Gasteiger charge is -2.32. The summed E-state index contributed by atoms with van der Waals surface area (Å²) >= 11 is 0. The number of hydrogen-bond donors (Lipinski definition) is 1. The predicted octanol–water partition coefficient (Wildman–Crippen LogP) is 3.42. The number of nitrogens with one attached hydrogen (secondary N) is 1. The smallest absolute Gasteiger partial charge is 0.361 e. The fourth-order valence-corrected chi connectivity index (χ4v) is 3.25. The van der Waals surface area contributed by atoms with Crippen molar-refractivity contribution in [2.45, 2.75) is 31.6 Å². The molecule has 1 aromatic carbocycles. The maximum atomic E-state index is 12.8. The van der Waals surface area contributed by atoms with Crippen LogP contribution in [-0.4, -0.2) is 38.5 Å². The lowest BCUT2D eigenvalue weighted by Crippen LogP contribution is -2.39. The number of alkyl halides is 3. The van der Waals surface area contributed by atoms with Crippen molar-refractivity contribution in [3.63, 3.8) is 0 Å². The van der Waals surface area contributed by atoms with Gasteiger partial charge in [-0.05, 0) is 34.4 Å².